The van der Waals surface area contributed by atoms with Crippen LogP contribution in [0, 0.1) is 16.7 Å². The number of allylic oxidation sites excluding steroid dienone is 6. The summed E-state index contributed by atoms with van der Waals surface area (Å²) in [5, 5.41) is 2.76. The maximum atomic E-state index is 10.1. The lowest BCUT2D eigenvalue weighted by molar-refractivity contribution is 0.620. The van der Waals surface area contributed by atoms with Crippen LogP contribution in [0.5, 0.6) is 0 Å². The summed E-state index contributed by atoms with van der Waals surface area (Å²) in [6.45, 7) is 5.97. The lowest BCUT2D eigenvalue weighted by Crippen LogP contribution is -2.29. The first-order valence-corrected chi connectivity index (χ1v) is 5.76. The predicted molar refractivity (Wildman–Crippen MR) is 72.2 cm³/mol. The Morgan fingerprint density at radius 3 is 2.65 bits per heavy atom. The first-order valence-electron chi connectivity index (χ1n) is 5.76. The van der Waals surface area contributed by atoms with Crippen LogP contribution in [0.2, 0.25) is 0 Å². The molecule has 0 aromatic rings. The predicted octanol–water partition coefficient (Wildman–Crippen LogP) is 3.31. The van der Waals surface area contributed by atoms with Crippen molar-refractivity contribution < 1.29 is 0 Å². The normalized spacial score (nSPS) is 25.5. The second-order valence-electron chi connectivity index (χ2n) is 5.05. The van der Waals surface area contributed by atoms with E-state index in [9.17, 15) is 4.91 Å². The molecule has 0 bridgehead atoms. The zero-order chi connectivity index (χ0) is 12.9. The molecule has 0 saturated heterocycles. The number of nitrogens with zero attached hydrogens (tertiary/aromatic N) is 1. The fourth-order valence-electron chi connectivity index (χ4n) is 1.73. The standard InChI is InChI=1S/C14H20N2O/c1-11-4-5-12(7-9-16-17)13(10-11)6-8-14(2,3)15/h4-10,12-13H,15H2,1-3H3/b8-6-,9-7+. The number of hydrogen-bond acceptors (Lipinski definition) is 3. The van der Waals surface area contributed by atoms with Crippen LogP contribution in [0.3, 0.4) is 0 Å². The topological polar surface area (TPSA) is 55.4 Å². The summed E-state index contributed by atoms with van der Waals surface area (Å²) in [6.07, 6.45) is 13.5. The van der Waals surface area contributed by atoms with E-state index in [1.54, 1.807) is 0 Å². The van der Waals surface area contributed by atoms with E-state index in [1.807, 2.05) is 26.0 Å². The van der Waals surface area contributed by atoms with Crippen molar-refractivity contribution in [2.75, 3.05) is 0 Å². The Hall–Kier alpha value is -1.48. The zero-order valence-electron chi connectivity index (χ0n) is 10.6. The van der Waals surface area contributed by atoms with Gasteiger partial charge in [0.05, 0.1) is 6.20 Å². The highest BCUT2D eigenvalue weighted by Crippen LogP contribution is 2.26. The highest BCUT2D eigenvalue weighted by atomic mass is 16.2. The summed E-state index contributed by atoms with van der Waals surface area (Å²) in [5.74, 6) is 0.413. The lowest BCUT2D eigenvalue weighted by Gasteiger charge is -2.21. The molecule has 2 unspecified atom stereocenters. The summed E-state index contributed by atoms with van der Waals surface area (Å²) < 4.78 is 0. The number of nitrogens with two attached hydrogens (primary N) is 1. The van der Waals surface area contributed by atoms with E-state index in [4.69, 9.17) is 5.73 Å². The smallest absolute Gasteiger partial charge is 0.0681 e. The molecule has 3 heteroatoms. The van der Waals surface area contributed by atoms with Crippen LogP contribution in [-0.2, 0) is 0 Å². The quantitative estimate of drug-likeness (QED) is 0.597. The molecule has 0 amide bonds. The Morgan fingerprint density at radius 2 is 2.06 bits per heavy atom. The molecule has 2 N–H and O–H groups in total. The van der Waals surface area contributed by atoms with Crippen LogP contribution < -0.4 is 5.73 Å². The van der Waals surface area contributed by atoms with Gasteiger partial charge in [-0.15, -0.1) is 4.91 Å². The van der Waals surface area contributed by atoms with E-state index in [0.717, 1.165) is 0 Å². The van der Waals surface area contributed by atoms with Crippen LogP contribution in [0.15, 0.2) is 53.4 Å². The Balaban J connectivity index is 2.84. The summed E-state index contributed by atoms with van der Waals surface area (Å²) in [7, 11) is 0. The Labute approximate surface area is 103 Å². The van der Waals surface area contributed by atoms with Crippen LogP contribution in [0.4, 0.5) is 0 Å². The van der Waals surface area contributed by atoms with E-state index in [0.29, 0.717) is 0 Å². The molecule has 1 rings (SSSR count). The molecule has 0 aromatic carbocycles. The van der Waals surface area contributed by atoms with Gasteiger partial charge in [-0.1, -0.05) is 42.0 Å². The average molecular weight is 232 g/mol. The van der Waals surface area contributed by atoms with Gasteiger partial charge < -0.3 is 5.73 Å². The SMILES string of the molecule is CC1=CC(/C=C\C(C)(C)N)C(/C=C/N=O)C=C1. The average Bonchev–Trinajstić information content (AvgIpc) is 2.24. The molecule has 17 heavy (non-hydrogen) atoms. The van der Waals surface area contributed by atoms with Gasteiger partial charge in [0.1, 0.15) is 0 Å². The largest absolute Gasteiger partial charge is 0.322 e. The number of hydrogen-bond donors (Lipinski definition) is 1. The minimum Gasteiger partial charge on any atom is -0.322 e. The van der Waals surface area contributed by atoms with E-state index in [1.165, 1.54) is 11.8 Å². The molecule has 0 radical (unpaired) electrons. The van der Waals surface area contributed by atoms with Gasteiger partial charge in [0.25, 0.3) is 0 Å². The molecule has 92 valence electrons. The Kier molecular flexibility index (Phi) is 4.58. The van der Waals surface area contributed by atoms with Crippen molar-refractivity contribution in [1.82, 2.24) is 0 Å². The molecule has 1 aliphatic carbocycles. The maximum absolute atomic E-state index is 10.1. The third kappa shape index (κ3) is 4.91. The highest BCUT2D eigenvalue weighted by molar-refractivity contribution is 5.29. The fourth-order valence-corrected chi connectivity index (χ4v) is 1.73. The van der Waals surface area contributed by atoms with Crippen LogP contribution in [0.1, 0.15) is 20.8 Å². The van der Waals surface area contributed by atoms with Crippen LogP contribution in [-0.4, -0.2) is 5.54 Å². The van der Waals surface area contributed by atoms with Crippen molar-refractivity contribution in [2.45, 2.75) is 26.3 Å². The Bertz CT molecular complexity index is 384. The second kappa shape index (κ2) is 5.73. The van der Waals surface area contributed by atoms with E-state index >= 15 is 0 Å². The first kappa shape index (κ1) is 13.6. The van der Waals surface area contributed by atoms with Crippen molar-refractivity contribution in [1.29, 1.82) is 0 Å². The summed E-state index contributed by atoms with van der Waals surface area (Å²) in [6, 6.07) is 0. The third-order valence-corrected chi connectivity index (χ3v) is 2.60. The Morgan fingerprint density at radius 1 is 1.35 bits per heavy atom. The fraction of sp³-hybridized carbons (Fsp3) is 0.429. The van der Waals surface area contributed by atoms with Crippen LogP contribution >= 0.6 is 0 Å². The molecule has 3 nitrogen and oxygen atoms in total. The lowest BCUT2D eigenvalue weighted by atomic mass is 9.85. The third-order valence-electron chi connectivity index (χ3n) is 2.60. The van der Waals surface area contributed by atoms with Gasteiger partial charge in [-0.2, -0.15) is 0 Å². The molecule has 0 aliphatic heterocycles. The first-order chi connectivity index (χ1) is 7.92. The van der Waals surface area contributed by atoms with E-state index in [2.05, 4.69) is 36.4 Å². The summed E-state index contributed by atoms with van der Waals surface area (Å²) in [5.41, 5.74) is 6.82. The molecule has 0 fully saturated rings. The van der Waals surface area contributed by atoms with Crippen molar-refractivity contribution in [3.8, 4) is 0 Å². The maximum Gasteiger partial charge on any atom is 0.0681 e. The molecule has 0 saturated carbocycles. The molecule has 2 atom stereocenters. The minimum absolute atomic E-state index is 0.176. The van der Waals surface area contributed by atoms with Gasteiger partial charge in [-0.3, -0.25) is 0 Å². The van der Waals surface area contributed by atoms with Gasteiger partial charge in [-0.25, -0.2) is 0 Å². The molecule has 1 aliphatic rings. The molecular formula is C14H20N2O. The van der Waals surface area contributed by atoms with Gasteiger partial charge in [-0.05, 0) is 25.9 Å². The number of rotatable bonds is 4. The van der Waals surface area contributed by atoms with Gasteiger partial charge >= 0.3 is 0 Å². The second-order valence-corrected chi connectivity index (χ2v) is 5.05. The summed E-state index contributed by atoms with van der Waals surface area (Å²) >= 11 is 0. The van der Waals surface area contributed by atoms with Gasteiger partial charge in [0.15, 0.2) is 0 Å². The van der Waals surface area contributed by atoms with Crippen molar-refractivity contribution >= 4 is 0 Å². The minimum atomic E-state index is -0.319. The van der Waals surface area contributed by atoms with Crippen molar-refractivity contribution in [3.05, 3.63) is 53.1 Å². The van der Waals surface area contributed by atoms with Crippen LogP contribution in [0.25, 0.3) is 0 Å². The zero-order valence-corrected chi connectivity index (χ0v) is 10.6. The molecule has 0 aromatic heterocycles. The number of nitroso groups, excluding NO2 is 1. The molecule has 0 heterocycles. The van der Waals surface area contributed by atoms with Crippen molar-refractivity contribution in [2.24, 2.45) is 22.7 Å². The molecule has 0 spiro atoms. The van der Waals surface area contributed by atoms with Gasteiger partial charge in [0, 0.05) is 17.4 Å². The van der Waals surface area contributed by atoms with E-state index in [-0.39, 0.29) is 17.4 Å². The van der Waals surface area contributed by atoms with Gasteiger partial charge in [0.2, 0.25) is 0 Å². The monoisotopic (exact) mass is 232 g/mol. The molecular weight excluding hydrogens is 212 g/mol. The van der Waals surface area contributed by atoms with Crippen molar-refractivity contribution in [3.63, 3.8) is 0 Å². The van der Waals surface area contributed by atoms with E-state index < -0.39 is 0 Å². The highest BCUT2D eigenvalue weighted by Gasteiger charge is 2.16. The summed E-state index contributed by atoms with van der Waals surface area (Å²) in [4.78, 5) is 10.1.